The van der Waals surface area contributed by atoms with Crippen LogP contribution in [0.3, 0.4) is 0 Å². The van der Waals surface area contributed by atoms with Gasteiger partial charge in [-0.05, 0) is 37.1 Å². The summed E-state index contributed by atoms with van der Waals surface area (Å²) in [6.07, 6.45) is 4.23. The second kappa shape index (κ2) is 8.78. The van der Waals surface area contributed by atoms with E-state index in [4.69, 9.17) is 0 Å². The van der Waals surface area contributed by atoms with Gasteiger partial charge in [-0.15, -0.1) is 0 Å². The Kier molecular flexibility index (Phi) is 5.97. The van der Waals surface area contributed by atoms with E-state index in [1.165, 1.54) is 35.4 Å². The molecule has 1 aromatic heterocycles. The molecule has 3 rings (SSSR count). The van der Waals surface area contributed by atoms with E-state index in [1.54, 1.807) is 18.3 Å². The van der Waals surface area contributed by atoms with Crippen molar-refractivity contribution < 1.29 is 19.3 Å². The second-order valence-electron chi connectivity index (χ2n) is 6.27. The molecule has 29 heavy (non-hydrogen) atoms. The molecule has 3 N–H and O–H groups in total. The zero-order valence-electron chi connectivity index (χ0n) is 15.2. The smallest absolute Gasteiger partial charge is 0.323 e. The van der Waals surface area contributed by atoms with Crippen LogP contribution in [-0.4, -0.2) is 45.2 Å². The molecule has 1 fully saturated rings. The minimum Gasteiger partial charge on any atom is -0.323 e. The van der Waals surface area contributed by atoms with Gasteiger partial charge in [0.25, 0.3) is 11.6 Å². The average molecular weight is 398 g/mol. The van der Waals surface area contributed by atoms with Crippen LogP contribution in [0.5, 0.6) is 0 Å². The standard InChI is InChI=1S/C18H18N6O5/c25-16(12-5-7-14(8-6-12)24(28)29)21-22-18(27)23-10-2-4-15(23)17(26)20-13-3-1-9-19-11-13/h1,3,5-9,11,15H,2,4,10H2,(H,20,26)(H,21,25)(H,22,27)/t15-/m0/s1. The largest absolute Gasteiger partial charge is 0.336 e. The molecule has 0 aliphatic carbocycles. The van der Waals surface area contributed by atoms with Crippen LogP contribution in [0.1, 0.15) is 23.2 Å². The molecule has 2 aromatic rings. The number of aromatic nitrogens is 1. The molecule has 2 heterocycles. The van der Waals surface area contributed by atoms with E-state index < -0.39 is 22.9 Å². The fourth-order valence-electron chi connectivity index (χ4n) is 2.93. The van der Waals surface area contributed by atoms with Crippen molar-refractivity contribution >= 4 is 29.2 Å². The van der Waals surface area contributed by atoms with E-state index in [-0.39, 0.29) is 17.2 Å². The molecule has 1 aromatic carbocycles. The lowest BCUT2D eigenvalue weighted by Crippen LogP contribution is -2.52. The first-order valence-corrected chi connectivity index (χ1v) is 8.78. The number of nitrogens with one attached hydrogen (secondary N) is 3. The summed E-state index contributed by atoms with van der Waals surface area (Å²) in [6.45, 7) is 0.365. The van der Waals surface area contributed by atoms with Crippen molar-refractivity contribution in [2.75, 3.05) is 11.9 Å². The number of hydrogen-bond acceptors (Lipinski definition) is 6. The van der Waals surface area contributed by atoms with Gasteiger partial charge in [0.2, 0.25) is 5.91 Å². The Balaban J connectivity index is 1.55. The topological polar surface area (TPSA) is 147 Å². The molecular formula is C18H18N6O5. The molecule has 1 aliphatic rings. The Labute approximate surface area is 165 Å². The van der Waals surface area contributed by atoms with Gasteiger partial charge in [-0.25, -0.2) is 10.2 Å². The molecule has 0 saturated carbocycles. The lowest BCUT2D eigenvalue weighted by Gasteiger charge is -2.24. The molecule has 150 valence electrons. The lowest BCUT2D eigenvalue weighted by molar-refractivity contribution is -0.384. The zero-order chi connectivity index (χ0) is 20.8. The van der Waals surface area contributed by atoms with Gasteiger partial charge >= 0.3 is 6.03 Å². The van der Waals surface area contributed by atoms with E-state index in [1.807, 2.05) is 0 Å². The number of likely N-dealkylation sites (tertiary alicyclic amines) is 1. The number of carbonyl (C=O) groups is 3. The summed E-state index contributed by atoms with van der Waals surface area (Å²) in [5, 5.41) is 13.4. The summed E-state index contributed by atoms with van der Waals surface area (Å²) in [5.41, 5.74) is 5.03. The van der Waals surface area contributed by atoms with Crippen molar-refractivity contribution in [2.24, 2.45) is 0 Å². The van der Waals surface area contributed by atoms with Crippen molar-refractivity contribution in [2.45, 2.75) is 18.9 Å². The number of benzene rings is 1. The summed E-state index contributed by atoms with van der Waals surface area (Å²) >= 11 is 0. The number of nitro benzene ring substituents is 1. The van der Waals surface area contributed by atoms with Crippen LogP contribution >= 0.6 is 0 Å². The van der Waals surface area contributed by atoms with E-state index in [0.29, 0.717) is 25.1 Å². The summed E-state index contributed by atoms with van der Waals surface area (Å²) < 4.78 is 0. The van der Waals surface area contributed by atoms with Gasteiger partial charge in [0.05, 0.1) is 16.8 Å². The van der Waals surface area contributed by atoms with Crippen molar-refractivity contribution in [3.05, 3.63) is 64.5 Å². The number of amides is 4. The van der Waals surface area contributed by atoms with Crippen molar-refractivity contribution in [1.82, 2.24) is 20.7 Å². The van der Waals surface area contributed by atoms with Crippen molar-refractivity contribution in [3.8, 4) is 0 Å². The van der Waals surface area contributed by atoms with E-state index in [2.05, 4.69) is 21.2 Å². The van der Waals surface area contributed by atoms with Crippen LogP contribution in [-0.2, 0) is 4.79 Å². The number of non-ortho nitro benzene ring substituents is 1. The summed E-state index contributed by atoms with van der Waals surface area (Å²) in [5.74, 6) is -0.976. The Hall–Kier alpha value is -4.02. The SMILES string of the molecule is O=C(NNC(=O)N1CCC[C@H]1C(=O)Nc1cccnc1)c1ccc([N+](=O)[O-])cc1. The van der Waals surface area contributed by atoms with Gasteiger partial charge < -0.3 is 10.2 Å². The first-order valence-electron chi connectivity index (χ1n) is 8.78. The van der Waals surface area contributed by atoms with Crippen LogP contribution in [0.4, 0.5) is 16.2 Å². The molecule has 11 heteroatoms. The van der Waals surface area contributed by atoms with E-state index in [9.17, 15) is 24.5 Å². The third-order valence-electron chi connectivity index (χ3n) is 4.37. The van der Waals surface area contributed by atoms with Gasteiger partial charge in [-0.3, -0.25) is 30.1 Å². The highest BCUT2D eigenvalue weighted by atomic mass is 16.6. The maximum atomic E-state index is 12.5. The summed E-state index contributed by atoms with van der Waals surface area (Å²) in [6, 6.07) is 7.01. The summed E-state index contributed by atoms with van der Waals surface area (Å²) in [4.78, 5) is 52.3. The molecule has 1 saturated heterocycles. The van der Waals surface area contributed by atoms with Crippen LogP contribution < -0.4 is 16.2 Å². The number of anilines is 1. The predicted molar refractivity (Wildman–Crippen MR) is 102 cm³/mol. The third kappa shape index (κ3) is 4.83. The normalized spacial score (nSPS) is 15.4. The van der Waals surface area contributed by atoms with Gasteiger partial charge in [0.15, 0.2) is 0 Å². The Morgan fingerprint density at radius 2 is 1.90 bits per heavy atom. The van der Waals surface area contributed by atoms with Crippen LogP contribution in [0.15, 0.2) is 48.8 Å². The van der Waals surface area contributed by atoms with Crippen LogP contribution in [0, 0.1) is 10.1 Å². The Morgan fingerprint density at radius 1 is 1.14 bits per heavy atom. The number of hydrogen-bond donors (Lipinski definition) is 3. The lowest BCUT2D eigenvalue weighted by atomic mass is 10.2. The average Bonchev–Trinajstić information content (AvgIpc) is 3.23. The van der Waals surface area contributed by atoms with Gasteiger partial charge in [-0.1, -0.05) is 0 Å². The number of pyridine rings is 1. The minimum absolute atomic E-state index is 0.142. The van der Waals surface area contributed by atoms with Crippen molar-refractivity contribution in [1.29, 1.82) is 0 Å². The highest BCUT2D eigenvalue weighted by Crippen LogP contribution is 2.19. The highest BCUT2D eigenvalue weighted by molar-refractivity contribution is 5.98. The number of nitrogens with zero attached hydrogens (tertiary/aromatic N) is 3. The van der Waals surface area contributed by atoms with Gasteiger partial charge in [0.1, 0.15) is 6.04 Å². The van der Waals surface area contributed by atoms with Crippen molar-refractivity contribution in [3.63, 3.8) is 0 Å². The molecule has 0 radical (unpaired) electrons. The van der Waals surface area contributed by atoms with Gasteiger partial charge in [0, 0.05) is 30.4 Å². The number of urea groups is 1. The monoisotopic (exact) mass is 398 g/mol. The molecule has 0 bridgehead atoms. The van der Waals surface area contributed by atoms with E-state index in [0.717, 1.165) is 0 Å². The molecule has 0 unspecified atom stereocenters. The first kappa shape index (κ1) is 19.7. The maximum absolute atomic E-state index is 12.5. The highest BCUT2D eigenvalue weighted by Gasteiger charge is 2.34. The minimum atomic E-state index is -0.675. The molecule has 11 nitrogen and oxygen atoms in total. The Morgan fingerprint density at radius 3 is 2.55 bits per heavy atom. The first-order chi connectivity index (χ1) is 14.0. The number of carbonyl (C=O) groups excluding carboxylic acids is 3. The molecule has 1 aliphatic heterocycles. The number of nitro groups is 1. The summed E-state index contributed by atoms with van der Waals surface area (Å²) in [7, 11) is 0. The van der Waals surface area contributed by atoms with Crippen LogP contribution in [0.2, 0.25) is 0 Å². The fraction of sp³-hybridized carbons (Fsp3) is 0.222. The van der Waals surface area contributed by atoms with Gasteiger partial charge in [-0.2, -0.15) is 0 Å². The molecular weight excluding hydrogens is 380 g/mol. The Bertz CT molecular complexity index is 918. The quantitative estimate of drug-likeness (QED) is 0.525. The fourth-order valence-corrected chi connectivity index (χ4v) is 2.93. The second-order valence-corrected chi connectivity index (χ2v) is 6.27. The zero-order valence-corrected chi connectivity index (χ0v) is 15.2. The predicted octanol–water partition coefficient (Wildman–Crippen LogP) is 1.45. The van der Waals surface area contributed by atoms with E-state index >= 15 is 0 Å². The third-order valence-corrected chi connectivity index (χ3v) is 4.37. The molecule has 0 spiro atoms. The number of rotatable bonds is 4. The molecule has 1 atom stereocenters. The van der Waals surface area contributed by atoms with Crippen LogP contribution in [0.25, 0.3) is 0 Å². The maximum Gasteiger partial charge on any atom is 0.336 e. The number of hydrazine groups is 1. The molecule has 4 amide bonds.